The molecular formula is C28H40N2O4. The molecule has 6 nitrogen and oxygen atoms in total. The number of esters is 2. The van der Waals surface area contributed by atoms with Crippen molar-refractivity contribution in [3.8, 4) is 0 Å². The van der Waals surface area contributed by atoms with E-state index in [4.69, 9.17) is 9.47 Å². The van der Waals surface area contributed by atoms with E-state index < -0.39 is 0 Å². The number of hydrogen-bond acceptors (Lipinski definition) is 6. The Morgan fingerprint density at radius 3 is 1.26 bits per heavy atom. The van der Waals surface area contributed by atoms with Gasteiger partial charge in [0.05, 0.1) is 0 Å². The lowest BCUT2D eigenvalue weighted by atomic mass is 10.0. The van der Waals surface area contributed by atoms with Crippen LogP contribution in [-0.2, 0) is 32.3 Å². The van der Waals surface area contributed by atoms with Gasteiger partial charge in [-0.3, -0.25) is 19.4 Å². The van der Waals surface area contributed by atoms with E-state index in [0.29, 0.717) is 13.1 Å². The highest BCUT2D eigenvalue weighted by Crippen LogP contribution is 2.16. The van der Waals surface area contributed by atoms with Crippen molar-refractivity contribution in [2.24, 2.45) is 11.8 Å². The second-order valence-electron chi connectivity index (χ2n) is 9.53. The van der Waals surface area contributed by atoms with Gasteiger partial charge in [-0.05, 0) is 37.1 Å². The van der Waals surface area contributed by atoms with Crippen molar-refractivity contribution in [1.29, 1.82) is 0 Å². The first-order valence-corrected chi connectivity index (χ1v) is 12.0. The van der Waals surface area contributed by atoms with Gasteiger partial charge in [0.15, 0.2) is 0 Å². The Hall–Kier alpha value is -2.70. The van der Waals surface area contributed by atoms with Crippen molar-refractivity contribution in [2.75, 3.05) is 27.2 Å². The summed E-state index contributed by atoms with van der Waals surface area (Å²) >= 11 is 0. The molecule has 0 amide bonds. The average Bonchev–Trinajstić information content (AvgIpc) is 2.81. The summed E-state index contributed by atoms with van der Waals surface area (Å²) in [4.78, 5) is 29.8. The molecule has 0 radical (unpaired) electrons. The molecule has 0 heterocycles. The van der Waals surface area contributed by atoms with Crippen molar-refractivity contribution >= 4 is 11.9 Å². The Bertz CT molecular complexity index is 797. The van der Waals surface area contributed by atoms with Crippen molar-refractivity contribution in [3.05, 3.63) is 71.8 Å². The fraction of sp³-hybridized carbons (Fsp3) is 0.500. The van der Waals surface area contributed by atoms with Gasteiger partial charge in [-0.2, -0.15) is 0 Å². The molecule has 6 heteroatoms. The molecule has 0 spiro atoms. The summed E-state index contributed by atoms with van der Waals surface area (Å²) < 4.78 is 11.2. The van der Waals surface area contributed by atoms with Crippen molar-refractivity contribution in [2.45, 2.75) is 53.0 Å². The van der Waals surface area contributed by atoms with E-state index in [0.717, 1.165) is 11.1 Å². The number of rotatable bonds is 13. The normalized spacial score (nSPS) is 13.4. The van der Waals surface area contributed by atoms with Crippen LogP contribution < -0.4 is 0 Å². The minimum absolute atomic E-state index is 0.0929. The average molecular weight is 469 g/mol. The van der Waals surface area contributed by atoms with Crippen LogP contribution in [0.5, 0.6) is 0 Å². The molecule has 2 rings (SSSR count). The third-order valence-corrected chi connectivity index (χ3v) is 5.95. The SMILES string of the molecule is CC(C)[C@@H](C(=O)OCc1ccccc1)N(C)CCN(C)[C@H](C(=O)OCc1ccccc1)C(C)C. The first kappa shape index (κ1) is 27.5. The van der Waals surface area contributed by atoms with E-state index in [1.54, 1.807) is 0 Å². The van der Waals surface area contributed by atoms with E-state index in [1.807, 2.05) is 112 Å². The molecule has 0 fully saturated rings. The number of benzene rings is 2. The van der Waals surface area contributed by atoms with Gasteiger partial charge in [-0.25, -0.2) is 0 Å². The Balaban J connectivity index is 1.91. The van der Waals surface area contributed by atoms with Crippen LogP contribution in [0.4, 0.5) is 0 Å². The fourth-order valence-electron chi connectivity index (χ4n) is 4.14. The lowest BCUT2D eigenvalue weighted by molar-refractivity contribution is -0.155. The minimum atomic E-state index is -0.361. The monoisotopic (exact) mass is 468 g/mol. The first-order chi connectivity index (χ1) is 16.2. The minimum Gasteiger partial charge on any atom is -0.460 e. The summed E-state index contributed by atoms with van der Waals surface area (Å²) in [5, 5.41) is 0. The summed E-state index contributed by atoms with van der Waals surface area (Å²) in [5.41, 5.74) is 1.93. The zero-order valence-electron chi connectivity index (χ0n) is 21.4. The molecular weight excluding hydrogens is 428 g/mol. The van der Waals surface area contributed by atoms with Gasteiger partial charge in [0, 0.05) is 13.1 Å². The maximum absolute atomic E-state index is 12.9. The molecule has 0 N–H and O–H groups in total. The number of hydrogen-bond donors (Lipinski definition) is 0. The summed E-state index contributed by atoms with van der Waals surface area (Å²) in [7, 11) is 3.86. The summed E-state index contributed by atoms with van der Waals surface area (Å²) in [6.45, 7) is 9.85. The number of likely N-dealkylation sites (N-methyl/N-ethyl adjacent to an activating group) is 2. The van der Waals surface area contributed by atoms with E-state index in [2.05, 4.69) is 0 Å². The van der Waals surface area contributed by atoms with Crippen LogP contribution in [0.1, 0.15) is 38.8 Å². The lowest BCUT2D eigenvalue weighted by Gasteiger charge is -2.33. The molecule has 0 unspecified atom stereocenters. The molecule has 186 valence electrons. The summed E-state index contributed by atoms with van der Waals surface area (Å²) in [6.07, 6.45) is 0. The number of ether oxygens (including phenoxy) is 2. The number of nitrogens with zero attached hydrogens (tertiary/aromatic N) is 2. The van der Waals surface area contributed by atoms with Crippen LogP contribution >= 0.6 is 0 Å². The summed E-state index contributed by atoms with van der Waals surface area (Å²) in [6, 6.07) is 18.7. The van der Waals surface area contributed by atoms with Crippen molar-refractivity contribution < 1.29 is 19.1 Å². The maximum Gasteiger partial charge on any atom is 0.323 e. The van der Waals surface area contributed by atoms with Crippen LogP contribution in [0.2, 0.25) is 0 Å². The third-order valence-electron chi connectivity index (χ3n) is 5.95. The largest absolute Gasteiger partial charge is 0.460 e. The Morgan fingerprint density at radius 2 is 0.971 bits per heavy atom. The van der Waals surface area contributed by atoms with Crippen LogP contribution in [-0.4, -0.2) is 61.0 Å². The topological polar surface area (TPSA) is 59.1 Å². The van der Waals surface area contributed by atoms with Crippen molar-refractivity contribution in [1.82, 2.24) is 9.80 Å². The maximum atomic E-state index is 12.9. The standard InChI is InChI=1S/C28H40N2O4/c1-21(2)25(27(31)33-19-23-13-9-7-10-14-23)29(5)17-18-30(6)26(22(3)4)28(32)34-20-24-15-11-8-12-16-24/h7-16,21-22,25-26H,17-20H2,1-6H3/t25-,26-/m0/s1. The van der Waals surface area contributed by atoms with Crippen LogP contribution in [0.25, 0.3) is 0 Å². The van der Waals surface area contributed by atoms with Crippen LogP contribution in [0.15, 0.2) is 60.7 Å². The molecule has 0 saturated heterocycles. The van der Waals surface area contributed by atoms with E-state index in [-0.39, 0.29) is 49.1 Å². The molecule has 34 heavy (non-hydrogen) atoms. The predicted octanol–water partition coefficient (Wildman–Crippen LogP) is 4.39. The molecule has 2 aromatic carbocycles. The van der Waals surface area contributed by atoms with Crippen LogP contribution in [0, 0.1) is 11.8 Å². The van der Waals surface area contributed by atoms with Gasteiger partial charge in [0.1, 0.15) is 25.3 Å². The van der Waals surface area contributed by atoms with Gasteiger partial charge in [0.25, 0.3) is 0 Å². The predicted molar refractivity (Wildman–Crippen MR) is 135 cm³/mol. The number of carbonyl (C=O) groups is 2. The van der Waals surface area contributed by atoms with Gasteiger partial charge in [-0.1, -0.05) is 88.4 Å². The van der Waals surface area contributed by atoms with Crippen LogP contribution in [0.3, 0.4) is 0 Å². The zero-order chi connectivity index (χ0) is 25.1. The number of carbonyl (C=O) groups excluding carboxylic acids is 2. The molecule has 0 saturated carbocycles. The summed E-state index contributed by atoms with van der Waals surface area (Å²) in [5.74, 6) is -0.274. The third kappa shape index (κ3) is 8.58. The second-order valence-corrected chi connectivity index (χ2v) is 9.53. The van der Waals surface area contributed by atoms with Gasteiger partial charge < -0.3 is 9.47 Å². The molecule has 2 atom stereocenters. The van der Waals surface area contributed by atoms with E-state index >= 15 is 0 Å². The van der Waals surface area contributed by atoms with E-state index in [1.165, 1.54) is 0 Å². The van der Waals surface area contributed by atoms with Gasteiger partial charge in [-0.15, -0.1) is 0 Å². The quantitative estimate of drug-likeness (QED) is 0.407. The fourth-order valence-corrected chi connectivity index (χ4v) is 4.14. The highest BCUT2D eigenvalue weighted by Gasteiger charge is 2.31. The van der Waals surface area contributed by atoms with Gasteiger partial charge in [0.2, 0.25) is 0 Å². The zero-order valence-corrected chi connectivity index (χ0v) is 21.4. The molecule has 0 bridgehead atoms. The van der Waals surface area contributed by atoms with Gasteiger partial charge >= 0.3 is 11.9 Å². The molecule has 0 aromatic heterocycles. The molecule has 0 aliphatic rings. The lowest BCUT2D eigenvalue weighted by Crippen LogP contribution is -2.49. The smallest absolute Gasteiger partial charge is 0.323 e. The molecule has 0 aliphatic heterocycles. The Morgan fingerprint density at radius 1 is 0.647 bits per heavy atom. The van der Waals surface area contributed by atoms with E-state index in [9.17, 15) is 9.59 Å². The second kappa shape index (κ2) is 13.9. The highest BCUT2D eigenvalue weighted by molar-refractivity contribution is 5.76. The Kier molecular flexibility index (Phi) is 11.2. The van der Waals surface area contributed by atoms with Crippen molar-refractivity contribution in [3.63, 3.8) is 0 Å². The Labute approximate surface area is 204 Å². The highest BCUT2D eigenvalue weighted by atomic mass is 16.5. The first-order valence-electron chi connectivity index (χ1n) is 12.0. The molecule has 2 aromatic rings. The molecule has 0 aliphatic carbocycles.